The van der Waals surface area contributed by atoms with Crippen LogP contribution < -0.4 is 20.9 Å². The van der Waals surface area contributed by atoms with Gasteiger partial charge in [0.05, 0.1) is 55.7 Å². The van der Waals surface area contributed by atoms with Gasteiger partial charge in [0.25, 0.3) is 11.8 Å². The fourth-order valence-corrected chi connectivity index (χ4v) is 6.50. The van der Waals surface area contributed by atoms with Crippen molar-refractivity contribution in [2.75, 3.05) is 0 Å². The minimum atomic E-state index is -4.55. The van der Waals surface area contributed by atoms with E-state index in [0.29, 0.717) is 33.4 Å². The Kier molecular flexibility index (Phi) is 11.7. The van der Waals surface area contributed by atoms with Gasteiger partial charge in [0, 0.05) is 35.4 Å². The van der Waals surface area contributed by atoms with Crippen LogP contribution in [0.2, 0.25) is 0 Å². The predicted octanol–water partition coefficient (Wildman–Crippen LogP) is 9.72. The van der Waals surface area contributed by atoms with E-state index < -0.39 is 60.1 Å². The van der Waals surface area contributed by atoms with Crippen molar-refractivity contribution in [3.63, 3.8) is 0 Å². The molecule has 8 aromatic rings. The van der Waals surface area contributed by atoms with E-state index in [4.69, 9.17) is 20.9 Å². The van der Waals surface area contributed by atoms with Crippen molar-refractivity contribution in [2.45, 2.75) is 25.6 Å². The third-order valence-corrected chi connectivity index (χ3v) is 9.45. The third kappa shape index (κ3) is 9.18. The molecule has 6 aromatic carbocycles. The molecule has 0 saturated carbocycles. The number of fused-ring (bicyclic) bond motifs is 2. The number of halogens is 8. The summed E-state index contributed by atoms with van der Waals surface area (Å²) in [6, 6.07) is 27.1. The first-order chi connectivity index (χ1) is 29.5. The molecule has 0 aliphatic heterocycles. The number of primary amides is 2. The van der Waals surface area contributed by atoms with Crippen molar-refractivity contribution in [3.8, 4) is 22.9 Å². The van der Waals surface area contributed by atoms with Crippen LogP contribution in [0.25, 0.3) is 33.4 Å². The predicted molar refractivity (Wildman–Crippen MR) is 211 cm³/mol. The number of nitrogens with two attached hydrogens (primary N) is 2. The maximum absolute atomic E-state index is 13.7. The minimum Gasteiger partial charge on any atom is -0.488 e. The molecule has 8 rings (SSSR count). The van der Waals surface area contributed by atoms with Crippen LogP contribution in [0.15, 0.2) is 134 Å². The van der Waals surface area contributed by atoms with E-state index >= 15 is 0 Å². The SMILES string of the molecule is NC(=O)c1ccc(-n2cnc3cc(F)ccc32)cc1OCc1ccccc1C(F)(F)F.NC(=O)c1ccc(-n2cnc3ccc(F)cc32)cc1OCc1ccccc1C(F)(F)F. The van der Waals surface area contributed by atoms with Crippen molar-refractivity contribution >= 4 is 33.9 Å². The smallest absolute Gasteiger partial charge is 0.416 e. The van der Waals surface area contributed by atoms with Crippen LogP contribution in [0.4, 0.5) is 35.1 Å². The number of hydrogen-bond donors (Lipinski definition) is 2. The van der Waals surface area contributed by atoms with Crippen molar-refractivity contribution in [1.29, 1.82) is 0 Å². The highest BCUT2D eigenvalue weighted by Gasteiger charge is 2.34. The number of benzene rings is 6. The van der Waals surface area contributed by atoms with Gasteiger partial charge in [-0.15, -0.1) is 0 Å². The molecule has 0 aliphatic rings. The van der Waals surface area contributed by atoms with Crippen LogP contribution in [0.1, 0.15) is 43.0 Å². The quantitative estimate of drug-likeness (QED) is 0.131. The topological polar surface area (TPSA) is 140 Å². The van der Waals surface area contributed by atoms with Crippen LogP contribution in [0.5, 0.6) is 11.5 Å². The van der Waals surface area contributed by atoms with E-state index in [1.807, 2.05) is 0 Å². The monoisotopic (exact) mass is 858 g/mol. The zero-order chi connectivity index (χ0) is 44.3. The van der Waals surface area contributed by atoms with E-state index in [9.17, 15) is 44.7 Å². The van der Waals surface area contributed by atoms with Crippen molar-refractivity contribution < 1.29 is 54.2 Å². The zero-order valence-corrected chi connectivity index (χ0v) is 31.7. The summed E-state index contributed by atoms with van der Waals surface area (Å²) >= 11 is 0. The Bertz CT molecular complexity index is 2960. The summed E-state index contributed by atoms with van der Waals surface area (Å²) in [4.78, 5) is 32.0. The van der Waals surface area contributed by atoms with Crippen molar-refractivity contribution in [2.24, 2.45) is 11.5 Å². The van der Waals surface area contributed by atoms with Gasteiger partial charge in [-0.05, 0) is 60.7 Å². The summed E-state index contributed by atoms with van der Waals surface area (Å²) in [5, 5.41) is 0. The molecule has 10 nitrogen and oxygen atoms in total. The standard InChI is InChI=1S/2C22H15F4N3O2/c23-14-5-8-19-18(9-14)28-12-29(19)15-6-7-16(21(27)30)20(10-15)31-11-13-3-1-2-4-17(13)22(24,25)26;23-14-5-8-18-19(9-14)29(12-28-18)15-6-7-16(21(27)30)20(10-15)31-11-13-3-1-2-4-17(13)22(24,25)26/h2*1-10,12H,11H2,(H2,27,30). The number of aromatic nitrogens is 4. The highest BCUT2D eigenvalue weighted by Crippen LogP contribution is 2.35. The Labute approximate surface area is 345 Å². The first kappa shape index (κ1) is 42.4. The molecule has 2 aromatic heterocycles. The van der Waals surface area contributed by atoms with E-state index in [-0.39, 0.29) is 33.8 Å². The lowest BCUT2D eigenvalue weighted by Gasteiger charge is -2.15. The molecule has 0 bridgehead atoms. The van der Waals surface area contributed by atoms with Gasteiger partial charge < -0.3 is 20.9 Å². The zero-order valence-electron chi connectivity index (χ0n) is 31.7. The lowest BCUT2D eigenvalue weighted by atomic mass is 10.1. The second-order valence-corrected chi connectivity index (χ2v) is 13.5. The Morgan fingerprint density at radius 2 is 0.984 bits per heavy atom. The molecular formula is C44H30F8N6O4. The summed E-state index contributed by atoms with van der Waals surface area (Å²) < 4.78 is 121. The highest BCUT2D eigenvalue weighted by atomic mass is 19.4. The van der Waals surface area contributed by atoms with Gasteiger partial charge in [0.1, 0.15) is 49.0 Å². The van der Waals surface area contributed by atoms with Gasteiger partial charge in [-0.2, -0.15) is 26.3 Å². The molecule has 0 aliphatic carbocycles. The average molecular weight is 859 g/mol. The molecule has 0 unspecified atom stereocenters. The van der Waals surface area contributed by atoms with Crippen molar-refractivity contribution in [3.05, 3.63) is 179 Å². The Balaban J connectivity index is 0.000000186. The summed E-state index contributed by atoms with van der Waals surface area (Å²) in [5.74, 6) is -2.46. The average Bonchev–Trinajstić information content (AvgIpc) is 3.85. The molecule has 0 saturated heterocycles. The number of imidazole rings is 2. The normalized spacial score (nSPS) is 11.6. The Hall–Kier alpha value is -7.76. The number of amides is 2. The summed E-state index contributed by atoms with van der Waals surface area (Å²) in [6.45, 7) is -0.853. The van der Waals surface area contributed by atoms with Crippen LogP contribution in [-0.2, 0) is 25.6 Å². The van der Waals surface area contributed by atoms with Gasteiger partial charge in [-0.25, -0.2) is 18.7 Å². The third-order valence-electron chi connectivity index (χ3n) is 9.45. The molecule has 0 spiro atoms. The number of carbonyl (C=O) groups is 2. The van der Waals surface area contributed by atoms with E-state index in [1.54, 1.807) is 27.3 Å². The second-order valence-electron chi connectivity index (χ2n) is 13.5. The van der Waals surface area contributed by atoms with E-state index in [2.05, 4.69) is 9.97 Å². The number of hydrogen-bond acceptors (Lipinski definition) is 6. The van der Waals surface area contributed by atoms with E-state index in [0.717, 1.165) is 12.1 Å². The number of carbonyl (C=O) groups excluding carboxylic acids is 2. The molecule has 62 heavy (non-hydrogen) atoms. The van der Waals surface area contributed by atoms with Gasteiger partial charge in [0.15, 0.2) is 0 Å². The molecule has 2 amide bonds. The van der Waals surface area contributed by atoms with E-state index in [1.165, 1.54) is 104 Å². The van der Waals surface area contributed by atoms with Gasteiger partial charge in [-0.1, -0.05) is 36.4 Å². The van der Waals surface area contributed by atoms with Gasteiger partial charge >= 0.3 is 12.4 Å². The molecule has 4 N–H and O–H groups in total. The molecule has 2 heterocycles. The minimum absolute atomic E-state index is 0.000214. The summed E-state index contributed by atoms with van der Waals surface area (Å²) in [7, 11) is 0. The van der Waals surface area contributed by atoms with Crippen LogP contribution in [0, 0.1) is 11.6 Å². The lowest BCUT2D eigenvalue weighted by molar-refractivity contribution is -0.139. The van der Waals surface area contributed by atoms with Crippen molar-refractivity contribution in [1.82, 2.24) is 19.1 Å². The maximum Gasteiger partial charge on any atom is 0.416 e. The molecule has 0 radical (unpaired) electrons. The number of nitrogens with zero attached hydrogens (tertiary/aromatic N) is 4. The molecule has 316 valence electrons. The first-order valence-electron chi connectivity index (χ1n) is 18.2. The van der Waals surface area contributed by atoms with Crippen LogP contribution in [-0.4, -0.2) is 30.9 Å². The molecule has 0 fully saturated rings. The number of alkyl halides is 6. The number of ether oxygens (including phenoxy) is 2. The van der Waals surface area contributed by atoms with Gasteiger partial charge in [0.2, 0.25) is 0 Å². The Morgan fingerprint density at radius 1 is 0.532 bits per heavy atom. The fraction of sp³-hybridized carbons (Fsp3) is 0.0909. The van der Waals surface area contributed by atoms with Gasteiger partial charge in [-0.3, -0.25) is 18.7 Å². The summed E-state index contributed by atoms with van der Waals surface area (Å²) in [6.07, 6.45) is -6.16. The summed E-state index contributed by atoms with van der Waals surface area (Å²) in [5.41, 5.74) is 12.0. The van der Waals surface area contributed by atoms with Crippen LogP contribution >= 0.6 is 0 Å². The fourth-order valence-electron chi connectivity index (χ4n) is 6.50. The lowest BCUT2D eigenvalue weighted by Crippen LogP contribution is -2.15. The largest absolute Gasteiger partial charge is 0.488 e. The highest BCUT2D eigenvalue weighted by molar-refractivity contribution is 5.96. The van der Waals surface area contributed by atoms with Crippen LogP contribution in [0.3, 0.4) is 0 Å². The first-order valence-corrected chi connectivity index (χ1v) is 18.2. The molecule has 18 heteroatoms. The molecular weight excluding hydrogens is 829 g/mol. The Morgan fingerprint density at radius 3 is 1.48 bits per heavy atom. The second kappa shape index (κ2) is 17.1. The molecule has 0 atom stereocenters. The number of rotatable bonds is 10. The maximum atomic E-state index is 13.7.